The van der Waals surface area contributed by atoms with Crippen molar-refractivity contribution in [3.05, 3.63) is 29.6 Å². The summed E-state index contributed by atoms with van der Waals surface area (Å²) < 4.78 is 41.8. The molecule has 0 aliphatic rings. The van der Waals surface area contributed by atoms with Gasteiger partial charge in [-0.3, -0.25) is 4.79 Å². The first kappa shape index (κ1) is 17.5. The second kappa shape index (κ2) is 7.85. The second-order valence-electron chi connectivity index (χ2n) is 3.60. The monoisotopic (exact) mass is 298 g/mol. The van der Waals surface area contributed by atoms with Gasteiger partial charge in [0, 0.05) is 12.1 Å². The van der Waals surface area contributed by atoms with Gasteiger partial charge in [0.05, 0.1) is 6.04 Å². The van der Waals surface area contributed by atoms with Crippen LogP contribution in [0.1, 0.15) is 12.5 Å². The maximum atomic E-state index is 13.4. The molecule has 8 heteroatoms. The fraction of sp³-hybridized carbons (Fsp3) is 0.364. The average Bonchev–Trinajstić information content (AvgIpc) is 2.27. The molecule has 1 aromatic carbocycles. The molecular formula is C11H14ClF3N2O2. The summed E-state index contributed by atoms with van der Waals surface area (Å²) in [6, 6.07) is 2.76. The normalized spacial score (nSPS) is 11.7. The van der Waals surface area contributed by atoms with Crippen molar-refractivity contribution in [2.45, 2.75) is 26.1 Å². The molecule has 0 unspecified atom stereocenters. The molecule has 1 amide bonds. The Kier molecular flexibility index (Phi) is 7.25. The number of carbonyl (C=O) groups is 1. The third-order valence-electron chi connectivity index (χ3n) is 2.14. The Hall–Kier alpha value is -1.47. The lowest BCUT2D eigenvalue weighted by molar-refractivity contribution is -0.122. The van der Waals surface area contributed by atoms with Gasteiger partial charge in [0.25, 0.3) is 0 Å². The summed E-state index contributed by atoms with van der Waals surface area (Å²) >= 11 is 0. The topological polar surface area (TPSA) is 64.4 Å². The number of amides is 1. The van der Waals surface area contributed by atoms with Crippen LogP contribution in [0.4, 0.5) is 13.2 Å². The lowest BCUT2D eigenvalue weighted by Crippen LogP contribution is -2.38. The van der Waals surface area contributed by atoms with E-state index >= 15 is 0 Å². The molecule has 3 N–H and O–H groups in total. The molecule has 1 atom stereocenters. The van der Waals surface area contributed by atoms with E-state index in [9.17, 15) is 18.0 Å². The number of ether oxygens (including phenoxy) is 1. The van der Waals surface area contributed by atoms with Gasteiger partial charge >= 0.3 is 6.61 Å². The molecule has 0 bridgehead atoms. The van der Waals surface area contributed by atoms with Gasteiger partial charge in [0.1, 0.15) is 11.6 Å². The van der Waals surface area contributed by atoms with Crippen LogP contribution in [0.25, 0.3) is 0 Å². The van der Waals surface area contributed by atoms with Crippen molar-refractivity contribution in [2.24, 2.45) is 5.73 Å². The van der Waals surface area contributed by atoms with Crippen LogP contribution in [0.15, 0.2) is 18.2 Å². The Morgan fingerprint density at radius 1 is 1.47 bits per heavy atom. The Bertz CT molecular complexity index is 430. The average molecular weight is 299 g/mol. The summed E-state index contributed by atoms with van der Waals surface area (Å²) in [6.07, 6.45) is 0. The number of nitrogens with one attached hydrogen (secondary N) is 1. The maximum absolute atomic E-state index is 13.4. The number of hydrogen-bond donors (Lipinski definition) is 2. The number of carbonyl (C=O) groups excluding carboxylic acids is 1. The third-order valence-corrected chi connectivity index (χ3v) is 2.14. The van der Waals surface area contributed by atoms with Crippen LogP contribution in [0, 0.1) is 5.82 Å². The highest BCUT2D eigenvalue weighted by Crippen LogP contribution is 2.23. The van der Waals surface area contributed by atoms with Crippen molar-refractivity contribution in [3.63, 3.8) is 0 Å². The predicted molar refractivity (Wildman–Crippen MR) is 65.8 cm³/mol. The van der Waals surface area contributed by atoms with Gasteiger partial charge in [0.15, 0.2) is 0 Å². The van der Waals surface area contributed by atoms with Crippen LogP contribution in [0.2, 0.25) is 0 Å². The first-order valence-corrected chi connectivity index (χ1v) is 5.17. The minimum absolute atomic E-state index is 0. The fourth-order valence-corrected chi connectivity index (χ4v) is 1.25. The van der Waals surface area contributed by atoms with Crippen LogP contribution in [-0.2, 0) is 11.3 Å². The Balaban J connectivity index is 0.00000324. The molecule has 4 nitrogen and oxygen atoms in total. The molecule has 1 rings (SSSR count). The van der Waals surface area contributed by atoms with Crippen LogP contribution in [-0.4, -0.2) is 18.6 Å². The molecular weight excluding hydrogens is 285 g/mol. The van der Waals surface area contributed by atoms with E-state index in [1.165, 1.54) is 19.1 Å². The molecule has 0 aliphatic carbocycles. The number of benzene rings is 1. The van der Waals surface area contributed by atoms with E-state index in [1.54, 1.807) is 0 Å². The van der Waals surface area contributed by atoms with Crippen LogP contribution in [0.5, 0.6) is 5.75 Å². The van der Waals surface area contributed by atoms with Crippen molar-refractivity contribution in [1.82, 2.24) is 5.32 Å². The van der Waals surface area contributed by atoms with Crippen molar-refractivity contribution in [3.8, 4) is 5.75 Å². The molecule has 19 heavy (non-hydrogen) atoms. The molecule has 0 heterocycles. The molecule has 0 saturated heterocycles. The highest BCUT2D eigenvalue weighted by molar-refractivity contribution is 5.85. The first-order valence-electron chi connectivity index (χ1n) is 5.17. The molecule has 0 fully saturated rings. The Morgan fingerprint density at radius 3 is 2.63 bits per heavy atom. The number of rotatable bonds is 5. The molecule has 0 radical (unpaired) electrons. The lowest BCUT2D eigenvalue weighted by Gasteiger charge is -2.13. The van der Waals surface area contributed by atoms with E-state index < -0.39 is 24.4 Å². The standard InChI is InChI=1S/C11H13F3N2O2.ClH/c1-6(15)10(17)16-5-7-8(12)3-2-4-9(7)18-11(13)14;/h2-4,6,11H,5,15H2,1H3,(H,16,17);1H/t6-;/m1./s1. The largest absolute Gasteiger partial charge is 0.434 e. The summed E-state index contributed by atoms with van der Waals surface area (Å²) in [7, 11) is 0. The zero-order chi connectivity index (χ0) is 13.7. The van der Waals surface area contributed by atoms with E-state index in [0.717, 1.165) is 6.07 Å². The fourth-order valence-electron chi connectivity index (χ4n) is 1.25. The number of alkyl halides is 2. The quantitative estimate of drug-likeness (QED) is 0.871. The Morgan fingerprint density at radius 2 is 2.11 bits per heavy atom. The van der Waals surface area contributed by atoms with Crippen molar-refractivity contribution in [1.29, 1.82) is 0 Å². The van der Waals surface area contributed by atoms with E-state index in [2.05, 4.69) is 10.1 Å². The minimum atomic E-state index is -3.06. The van der Waals surface area contributed by atoms with E-state index in [0.29, 0.717) is 0 Å². The number of hydrogen-bond acceptors (Lipinski definition) is 3. The first-order chi connectivity index (χ1) is 8.41. The summed E-state index contributed by atoms with van der Waals surface area (Å²) in [5.41, 5.74) is 5.15. The smallest absolute Gasteiger partial charge is 0.387 e. The van der Waals surface area contributed by atoms with Gasteiger partial charge in [-0.2, -0.15) is 8.78 Å². The van der Waals surface area contributed by atoms with E-state index in [1.807, 2.05) is 0 Å². The Labute approximate surface area is 114 Å². The second-order valence-corrected chi connectivity index (χ2v) is 3.60. The summed E-state index contributed by atoms with van der Waals surface area (Å²) in [4.78, 5) is 11.2. The lowest BCUT2D eigenvalue weighted by atomic mass is 10.2. The minimum Gasteiger partial charge on any atom is -0.434 e. The molecule has 0 saturated carbocycles. The molecule has 1 aromatic rings. The molecule has 0 aromatic heterocycles. The zero-order valence-electron chi connectivity index (χ0n) is 10.0. The van der Waals surface area contributed by atoms with Crippen LogP contribution >= 0.6 is 12.4 Å². The van der Waals surface area contributed by atoms with Gasteiger partial charge in [-0.15, -0.1) is 12.4 Å². The van der Waals surface area contributed by atoms with Crippen LogP contribution in [0.3, 0.4) is 0 Å². The third kappa shape index (κ3) is 5.35. The highest BCUT2D eigenvalue weighted by atomic mass is 35.5. The van der Waals surface area contributed by atoms with Gasteiger partial charge in [-0.1, -0.05) is 6.07 Å². The van der Waals surface area contributed by atoms with Gasteiger partial charge in [-0.05, 0) is 19.1 Å². The maximum Gasteiger partial charge on any atom is 0.387 e. The van der Waals surface area contributed by atoms with E-state index in [-0.39, 0.29) is 30.3 Å². The molecule has 0 aliphatic heterocycles. The summed E-state index contributed by atoms with van der Waals surface area (Å²) in [5.74, 6) is -1.56. The van der Waals surface area contributed by atoms with Gasteiger partial charge in [0.2, 0.25) is 5.91 Å². The zero-order valence-corrected chi connectivity index (χ0v) is 10.8. The highest BCUT2D eigenvalue weighted by Gasteiger charge is 2.15. The summed E-state index contributed by atoms with van der Waals surface area (Å²) in [6.45, 7) is -1.88. The van der Waals surface area contributed by atoms with Crippen molar-refractivity contribution in [2.75, 3.05) is 0 Å². The molecule has 0 spiro atoms. The van der Waals surface area contributed by atoms with Crippen LogP contribution < -0.4 is 15.8 Å². The number of nitrogens with two attached hydrogens (primary N) is 1. The van der Waals surface area contributed by atoms with Gasteiger partial charge < -0.3 is 15.8 Å². The van der Waals surface area contributed by atoms with Crippen molar-refractivity contribution >= 4 is 18.3 Å². The molecule has 108 valence electrons. The van der Waals surface area contributed by atoms with E-state index in [4.69, 9.17) is 5.73 Å². The number of halogens is 4. The SMILES string of the molecule is C[C@@H](N)C(=O)NCc1c(F)cccc1OC(F)F.Cl. The summed E-state index contributed by atoms with van der Waals surface area (Å²) in [5, 5.41) is 2.32. The van der Waals surface area contributed by atoms with Gasteiger partial charge in [-0.25, -0.2) is 4.39 Å². The predicted octanol–water partition coefficient (Wildman–Crippen LogP) is 1.81. The van der Waals surface area contributed by atoms with Crippen molar-refractivity contribution < 1.29 is 22.7 Å².